The highest BCUT2D eigenvalue weighted by molar-refractivity contribution is 5.86. The van der Waals surface area contributed by atoms with Crippen molar-refractivity contribution < 1.29 is 9.53 Å². The molecule has 0 aromatic rings. The minimum Gasteiger partial charge on any atom is -0.381 e. The summed E-state index contributed by atoms with van der Waals surface area (Å²) < 4.78 is 5.42. The number of rotatable bonds is 3. The van der Waals surface area contributed by atoms with E-state index in [-0.39, 0.29) is 11.8 Å². The number of piperazine rings is 1. The summed E-state index contributed by atoms with van der Waals surface area (Å²) in [6.45, 7) is 9.39. The zero-order valence-electron chi connectivity index (χ0n) is 15.4. The molecule has 0 spiro atoms. The van der Waals surface area contributed by atoms with Crippen molar-refractivity contribution in [2.45, 2.75) is 44.2 Å². The molecule has 6 nitrogen and oxygen atoms in total. The maximum Gasteiger partial charge on any atom is 0.242 e. The van der Waals surface area contributed by atoms with Crippen molar-refractivity contribution in [3.8, 4) is 0 Å². The molecule has 2 N–H and O–H groups in total. The predicted molar refractivity (Wildman–Crippen MR) is 94.8 cm³/mol. The van der Waals surface area contributed by atoms with E-state index in [1.807, 2.05) is 11.8 Å². The smallest absolute Gasteiger partial charge is 0.242 e. The molecule has 0 aromatic carbocycles. The molecule has 0 bridgehead atoms. The molecule has 3 aliphatic heterocycles. The first kappa shape index (κ1) is 18.1. The summed E-state index contributed by atoms with van der Waals surface area (Å²) >= 11 is 0. The Morgan fingerprint density at radius 1 is 1.00 bits per heavy atom. The average molecular weight is 338 g/mol. The number of piperidine rings is 1. The second-order valence-electron chi connectivity index (χ2n) is 8.03. The Morgan fingerprint density at radius 3 is 2.17 bits per heavy atom. The van der Waals surface area contributed by atoms with Crippen molar-refractivity contribution in [2.75, 3.05) is 59.5 Å². The van der Waals surface area contributed by atoms with Gasteiger partial charge >= 0.3 is 0 Å². The average Bonchev–Trinajstić information content (AvgIpc) is 2.62. The van der Waals surface area contributed by atoms with Crippen LogP contribution in [0.2, 0.25) is 0 Å². The quantitative estimate of drug-likeness (QED) is 0.806. The molecule has 3 fully saturated rings. The monoisotopic (exact) mass is 338 g/mol. The van der Waals surface area contributed by atoms with Crippen LogP contribution in [0.5, 0.6) is 0 Å². The third-order valence-corrected chi connectivity index (χ3v) is 6.34. The van der Waals surface area contributed by atoms with Gasteiger partial charge in [0, 0.05) is 45.4 Å². The van der Waals surface area contributed by atoms with E-state index in [4.69, 9.17) is 10.5 Å². The maximum atomic E-state index is 13.0. The number of hydrogen-bond donors (Lipinski definition) is 1. The summed E-state index contributed by atoms with van der Waals surface area (Å²) in [6.07, 6.45) is 4.30. The minimum absolute atomic E-state index is 0.137. The third kappa shape index (κ3) is 3.93. The van der Waals surface area contributed by atoms with Crippen LogP contribution in [0.4, 0.5) is 0 Å². The number of carbonyl (C=O) groups excluding carboxylic acids is 1. The molecule has 24 heavy (non-hydrogen) atoms. The van der Waals surface area contributed by atoms with Crippen molar-refractivity contribution >= 4 is 5.91 Å². The van der Waals surface area contributed by atoms with Gasteiger partial charge < -0.3 is 20.3 Å². The molecule has 138 valence electrons. The van der Waals surface area contributed by atoms with Crippen molar-refractivity contribution in [3.63, 3.8) is 0 Å². The lowest BCUT2D eigenvalue weighted by Crippen LogP contribution is -2.62. The lowest BCUT2D eigenvalue weighted by Gasteiger charge is -2.45. The summed E-state index contributed by atoms with van der Waals surface area (Å²) in [4.78, 5) is 20.0. The van der Waals surface area contributed by atoms with E-state index in [1.165, 1.54) is 25.9 Å². The summed E-state index contributed by atoms with van der Waals surface area (Å²) in [6, 6.07) is 0.693. The topological polar surface area (TPSA) is 62.0 Å². The van der Waals surface area contributed by atoms with Crippen LogP contribution in [-0.4, -0.2) is 91.7 Å². The van der Waals surface area contributed by atoms with Gasteiger partial charge in [-0.2, -0.15) is 0 Å². The predicted octanol–water partition coefficient (Wildman–Crippen LogP) is 0.369. The molecule has 3 heterocycles. The molecule has 3 aliphatic rings. The maximum absolute atomic E-state index is 13.0. The van der Waals surface area contributed by atoms with Crippen molar-refractivity contribution in [1.82, 2.24) is 14.7 Å². The van der Waals surface area contributed by atoms with E-state index >= 15 is 0 Å². The second kappa shape index (κ2) is 7.68. The minimum atomic E-state index is -0.750. The van der Waals surface area contributed by atoms with Crippen LogP contribution in [0.1, 0.15) is 32.6 Å². The van der Waals surface area contributed by atoms with Crippen molar-refractivity contribution in [1.29, 1.82) is 0 Å². The lowest BCUT2D eigenvalue weighted by molar-refractivity contribution is -0.142. The third-order valence-electron chi connectivity index (χ3n) is 6.34. The van der Waals surface area contributed by atoms with Crippen molar-refractivity contribution in [2.24, 2.45) is 11.7 Å². The van der Waals surface area contributed by atoms with E-state index in [2.05, 4.69) is 16.8 Å². The first-order valence-corrected chi connectivity index (χ1v) is 9.57. The van der Waals surface area contributed by atoms with Crippen LogP contribution in [0, 0.1) is 5.92 Å². The highest BCUT2D eigenvalue weighted by Crippen LogP contribution is 2.28. The number of carbonyl (C=O) groups is 1. The largest absolute Gasteiger partial charge is 0.381 e. The van der Waals surface area contributed by atoms with Gasteiger partial charge in [-0.15, -0.1) is 0 Å². The molecule has 0 radical (unpaired) electrons. The van der Waals surface area contributed by atoms with Crippen LogP contribution >= 0.6 is 0 Å². The van der Waals surface area contributed by atoms with Crippen LogP contribution in [0.15, 0.2) is 0 Å². The Hall–Kier alpha value is -0.690. The Labute approximate surface area is 146 Å². The number of nitrogens with two attached hydrogens (primary N) is 1. The number of ether oxygens (including phenoxy) is 1. The van der Waals surface area contributed by atoms with Gasteiger partial charge in [-0.1, -0.05) is 0 Å². The highest BCUT2D eigenvalue weighted by Gasteiger charge is 2.41. The SMILES string of the molecule is CN1CCC(N2CCN(C(=O)[C@](C)(N)C3CCOCC3)CC2)CC1. The van der Waals surface area contributed by atoms with Crippen molar-refractivity contribution in [3.05, 3.63) is 0 Å². The van der Waals surface area contributed by atoms with Gasteiger partial charge in [0.15, 0.2) is 0 Å². The Morgan fingerprint density at radius 2 is 1.58 bits per heavy atom. The number of hydrogen-bond acceptors (Lipinski definition) is 5. The fourth-order valence-electron chi connectivity index (χ4n) is 4.46. The van der Waals surface area contributed by atoms with Gasteiger partial charge in [-0.25, -0.2) is 0 Å². The van der Waals surface area contributed by atoms with Crippen LogP contribution in [-0.2, 0) is 9.53 Å². The molecular formula is C18H34N4O2. The number of likely N-dealkylation sites (tertiary alicyclic amines) is 1. The molecule has 0 aromatic heterocycles. The Balaban J connectivity index is 1.51. The van der Waals surface area contributed by atoms with Gasteiger partial charge in [-0.3, -0.25) is 9.69 Å². The molecule has 0 unspecified atom stereocenters. The fraction of sp³-hybridized carbons (Fsp3) is 0.944. The molecule has 6 heteroatoms. The summed E-state index contributed by atoms with van der Waals surface area (Å²) in [5.41, 5.74) is 5.74. The van der Waals surface area contributed by atoms with E-state index in [0.717, 1.165) is 52.2 Å². The summed E-state index contributed by atoms with van der Waals surface area (Å²) in [7, 11) is 2.20. The zero-order valence-corrected chi connectivity index (χ0v) is 15.4. The number of nitrogens with zero attached hydrogens (tertiary/aromatic N) is 3. The fourth-order valence-corrected chi connectivity index (χ4v) is 4.46. The van der Waals surface area contributed by atoms with Gasteiger partial charge in [-0.05, 0) is 58.7 Å². The van der Waals surface area contributed by atoms with Gasteiger partial charge in [0.05, 0.1) is 5.54 Å². The first-order chi connectivity index (χ1) is 11.5. The van der Waals surface area contributed by atoms with E-state index in [0.29, 0.717) is 6.04 Å². The van der Waals surface area contributed by atoms with Gasteiger partial charge in [0.1, 0.15) is 0 Å². The van der Waals surface area contributed by atoms with Gasteiger partial charge in [0.25, 0.3) is 0 Å². The van der Waals surface area contributed by atoms with Crippen LogP contribution < -0.4 is 5.73 Å². The molecule has 1 amide bonds. The molecular weight excluding hydrogens is 304 g/mol. The second-order valence-corrected chi connectivity index (χ2v) is 8.03. The summed E-state index contributed by atoms with van der Waals surface area (Å²) in [5, 5.41) is 0. The highest BCUT2D eigenvalue weighted by atomic mass is 16.5. The molecule has 0 aliphatic carbocycles. The number of amides is 1. The van der Waals surface area contributed by atoms with E-state index in [1.54, 1.807) is 0 Å². The van der Waals surface area contributed by atoms with E-state index < -0.39 is 5.54 Å². The Bertz CT molecular complexity index is 421. The summed E-state index contributed by atoms with van der Waals surface area (Å²) in [5.74, 6) is 0.378. The van der Waals surface area contributed by atoms with E-state index in [9.17, 15) is 4.79 Å². The molecule has 3 rings (SSSR count). The molecule has 0 saturated carbocycles. The molecule has 3 saturated heterocycles. The first-order valence-electron chi connectivity index (χ1n) is 9.57. The lowest BCUT2D eigenvalue weighted by atomic mass is 9.80. The Kier molecular flexibility index (Phi) is 5.80. The molecule has 1 atom stereocenters. The normalized spacial score (nSPS) is 28.7. The van der Waals surface area contributed by atoms with Crippen LogP contribution in [0.25, 0.3) is 0 Å². The standard InChI is InChI=1S/C18H34N4O2/c1-18(19,15-5-13-24-14-6-15)17(23)22-11-9-21(10-12-22)16-3-7-20(2)8-4-16/h15-16H,3-14,19H2,1-2H3/t18-/m1/s1. The zero-order chi connectivity index (χ0) is 17.2. The van der Waals surface area contributed by atoms with Gasteiger partial charge in [0.2, 0.25) is 5.91 Å². The van der Waals surface area contributed by atoms with Crippen LogP contribution in [0.3, 0.4) is 0 Å².